The lowest BCUT2D eigenvalue weighted by Crippen LogP contribution is -2.21. The summed E-state index contributed by atoms with van der Waals surface area (Å²) in [6.45, 7) is 2.99. The summed E-state index contributed by atoms with van der Waals surface area (Å²) in [5, 5.41) is 0. The van der Waals surface area contributed by atoms with Gasteiger partial charge in [0.2, 0.25) is 0 Å². The third-order valence-corrected chi connectivity index (χ3v) is 3.22. The van der Waals surface area contributed by atoms with Gasteiger partial charge in [-0.05, 0) is 30.5 Å². The molecule has 1 aliphatic carbocycles. The molecule has 1 aromatic heterocycles. The van der Waals surface area contributed by atoms with E-state index in [4.69, 9.17) is 5.84 Å². The molecule has 3 heteroatoms. The maximum atomic E-state index is 4.89. The predicted octanol–water partition coefficient (Wildman–Crippen LogP) is 2.91. The van der Waals surface area contributed by atoms with Gasteiger partial charge in [-0.2, -0.15) is 0 Å². The molecule has 0 saturated carbocycles. The number of pyridine rings is 1. The molecular weight excluding hydrogens is 258 g/mol. The van der Waals surface area contributed by atoms with Crippen molar-refractivity contribution in [2.45, 2.75) is 26.2 Å². The zero-order valence-electron chi connectivity index (χ0n) is 12.4. The van der Waals surface area contributed by atoms with Crippen LogP contribution in [0.15, 0.2) is 42.6 Å². The zero-order chi connectivity index (χ0) is 14.9. The first-order chi connectivity index (χ1) is 10.4. The normalized spacial score (nSPS) is 11.5. The van der Waals surface area contributed by atoms with Crippen LogP contribution in [-0.4, -0.2) is 11.5 Å². The van der Waals surface area contributed by atoms with Crippen molar-refractivity contribution in [3.05, 3.63) is 53.7 Å². The number of benzene rings is 1. The molecular formula is C18H21N3. The minimum atomic E-state index is 0.917. The lowest BCUT2D eigenvalue weighted by atomic mass is 9.96. The highest BCUT2D eigenvalue weighted by atomic mass is 15.2. The summed E-state index contributed by atoms with van der Waals surface area (Å²) in [4.78, 5) is 4.46. The molecule has 3 rings (SSSR count). The van der Waals surface area contributed by atoms with Crippen LogP contribution < -0.4 is 11.3 Å². The van der Waals surface area contributed by atoms with Crippen molar-refractivity contribution in [3.8, 4) is 23.1 Å². The Morgan fingerprint density at radius 2 is 2.10 bits per heavy atom. The van der Waals surface area contributed by atoms with Crippen molar-refractivity contribution < 1.29 is 0 Å². The second kappa shape index (κ2) is 8.21. The molecule has 0 atom stereocenters. The summed E-state index contributed by atoms with van der Waals surface area (Å²) in [6, 6.07) is 12.4. The number of rotatable bonds is 2. The number of nitrogens with zero attached hydrogens (tertiary/aromatic N) is 1. The number of nitrogens with two attached hydrogens (primary N) is 1. The topological polar surface area (TPSA) is 50.9 Å². The second-order valence-corrected chi connectivity index (χ2v) is 4.81. The Labute approximate surface area is 126 Å². The van der Waals surface area contributed by atoms with Gasteiger partial charge in [0.25, 0.3) is 0 Å². The van der Waals surface area contributed by atoms with E-state index in [9.17, 15) is 0 Å². The van der Waals surface area contributed by atoms with Gasteiger partial charge in [-0.15, -0.1) is 0 Å². The molecule has 1 heterocycles. The van der Waals surface area contributed by atoms with Crippen LogP contribution in [0.25, 0.3) is 11.3 Å². The number of hydrogen-bond donors (Lipinski definition) is 2. The lowest BCUT2D eigenvalue weighted by molar-refractivity contribution is 0.714. The highest BCUT2D eigenvalue weighted by Gasteiger charge is 2.10. The first-order valence-electron chi connectivity index (χ1n) is 7.32. The lowest BCUT2D eigenvalue weighted by Gasteiger charge is -2.11. The maximum Gasteiger partial charge on any atom is 0.0861 e. The van der Waals surface area contributed by atoms with Gasteiger partial charge in [-0.1, -0.05) is 43.0 Å². The molecule has 21 heavy (non-hydrogen) atoms. The molecule has 1 aromatic carbocycles. The molecule has 2 aromatic rings. The molecule has 0 bridgehead atoms. The standard InChI is InChI=1S/C15H11N.C3H10N2/c1-2-8-13-9-5-11-16-15(13)14-10-4-3-7-12(14)6-1;1-2-3-5-4/h3-5,7,9-11H,1,6H2;5H,2-4H2,1H3. The molecule has 3 N–H and O–H groups in total. The van der Waals surface area contributed by atoms with Gasteiger partial charge in [-0.3, -0.25) is 16.3 Å². The minimum absolute atomic E-state index is 0.917. The zero-order valence-corrected chi connectivity index (χ0v) is 12.4. The quantitative estimate of drug-likeness (QED) is 0.505. The van der Waals surface area contributed by atoms with E-state index in [1.54, 1.807) is 0 Å². The largest absolute Gasteiger partial charge is 0.271 e. The van der Waals surface area contributed by atoms with Crippen LogP contribution in [0.4, 0.5) is 0 Å². The van der Waals surface area contributed by atoms with E-state index in [0.717, 1.165) is 37.1 Å². The third kappa shape index (κ3) is 4.16. The van der Waals surface area contributed by atoms with Crippen molar-refractivity contribution in [2.75, 3.05) is 6.54 Å². The first-order valence-corrected chi connectivity index (χ1v) is 7.32. The number of aromatic nitrogens is 1. The number of nitrogens with one attached hydrogen (secondary N) is 1. The van der Waals surface area contributed by atoms with E-state index >= 15 is 0 Å². The Kier molecular flexibility index (Phi) is 5.96. The van der Waals surface area contributed by atoms with Crippen LogP contribution in [0.3, 0.4) is 0 Å². The van der Waals surface area contributed by atoms with E-state index in [1.807, 2.05) is 18.3 Å². The first kappa shape index (κ1) is 15.2. The van der Waals surface area contributed by atoms with E-state index in [0.29, 0.717) is 0 Å². The summed E-state index contributed by atoms with van der Waals surface area (Å²) >= 11 is 0. The maximum absolute atomic E-state index is 4.89. The molecule has 0 saturated heterocycles. The number of aryl methyl sites for hydroxylation is 1. The molecule has 0 amide bonds. The molecule has 0 spiro atoms. The van der Waals surface area contributed by atoms with E-state index < -0.39 is 0 Å². The predicted molar refractivity (Wildman–Crippen MR) is 87.4 cm³/mol. The number of fused-ring (bicyclic) bond motifs is 3. The summed E-state index contributed by atoms with van der Waals surface area (Å²) in [5.74, 6) is 11.3. The number of hydrogen-bond acceptors (Lipinski definition) is 3. The van der Waals surface area contributed by atoms with Gasteiger partial charge >= 0.3 is 0 Å². The van der Waals surface area contributed by atoms with Crippen LogP contribution in [0.2, 0.25) is 0 Å². The summed E-state index contributed by atoms with van der Waals surface area (Å²) < 4.78 is 0. The highest BCUT2D eigenvalue weighted by molar-refractivity contribution is 5.70. The molecule has 108 valence electrons. The fourth-order valence-corrected chi connectivity index (χ4v) is 2.19. The Hall–Kier alpha value is -2.15. The van der Waals surface area contributed by atoms with Crippen molar-refractivity contribution >= 4 is 0 Å². The molecule has 0 radical (unpaired) electrons. The van der Waals surface area contributed by atoms with E-state index in [2.05, 4.69) is 53.4 Å². The van der Waals surface area contributed by atoms with Gasteiger partial charge in [0.1, 0.15) is 0 Å². The second-order valence-electron chi connectivity index (χ2n) is 4.81. The van der Waals surface area contributed by atoms with Crippen molar-refractivity contribution in [1.82, 2.24) is 10.4 Å². The Morgan fingerprint density at radius 3 is 2.86 bits per heavy atom. The fraction of sp³-hybridized carbons (Fsp3) is 0.278. The van der Waals surface area contributed by atoms with Crippen molar-refractivity contribution in [1.29, 1.82) is 0 Å². The van der Waals surface area contributed by atoms with E-state index in [1.165, 1.54) is 11.1 Å². The SMILES string of the molecule is C1#Cc2cccnc2-c2ccccc2CC1.CCCNN. The van der Waals surface area contributed by atoms with Gasteiger partial charge in [0.15, 0.2) is 0 Å². The number of hydrazine groups is 1. The van der Waals surface area contributed by atoms with Gasteiger partial charge < -0.3 is 0 Å². The molecule has 3 nitrogen and oxygen atoms in total. The van der Waals surface area contributed by atoms with Crippen LogP contribution >= 0.6 is 0 Å². The third-order valence-electron chi connectivity index (χ3n) is 3.22. The van der Waals surface area contributed by atoms with Crippen LogP contribution in [0.5, 0.6) is 0 Å². The molecule has 1 aliphatic rings. The van der Waals surface area contributed by atoms with Gasteiger partial charge in [-0.25, -0.2) is 0 Å². The monoisotopic (exact) mass is 279 g/mol. The average Bonchev–Trinajstić information content (AvgIpc) is 2.51. The van der Waals surface area contributed by atoms with Crippen LogP contribution in [-0.2, 0) is 6.42 Å². The Bertz CT molecular complexity index is 636. The summed E-state index contributed by atoms with van der Waals surface area (Å²) in [5.41, 5.74) is 7.15. The average molecular weight is 279 g/mol. The van der Waals surface area contributed by atoms with Gasteiger partial charge in [0.05, 0.1) is 11.3 Å². The van der Waals surface area contributed by atoms with Crippen molar-refractivity contribution in [3.63, 3.8) is 0 Å². The molecule has 0 unspecified atom stereocenters. The Balaban J connectivity index is 0.000000282. The fourth-order valence-electron chi connectivity index (χ4n) is 2.19. The minimum Gasteiger partial charge on any atom is -0.271 e. The highest BCUT2D eigenvalue weighted by Crippen LogP contribution is 2.26. The van der Waals surface area contributed by atoms with Gasteiger partial charge in [0, 0.05) is 24.7 Å². The Morgan fingerprint density at radius 1 is 1.24 bits per heavy atom. The van der Waals surface area contributed by atoms with E-state index in [-0.39, 0.29) is 0 Å². The van der Waals surface area contributed by atoms with Crippen molar-refractivity contribution in [2.24, 2.45) is 5.84 Å². The molecule has 0 fully saturated rings. The van der Waals surface area contributed by atoms with Crippen LogP contribution in [0.1, 0.15) is 30.9 Å². The summed E-state index contributed by atoms with van der Waals surface area (Å²) in [6.07, 6.45) is 4.87. The molecule has 0 aliphatic heterocycles. The van der Waals surface area contributed by atoms with Crippen LogP contribution in [0, 0.1) is 11.8 Å². The summed E-state index contributed by atoms with van der Waals surface area (Å²) in [7, 11) is 0. The smallest absolute Gasteiger partial charge is 0.0861 e.